The number of sulfonamides is 1. The number of hydrogen-bond acceptors (Lipinski definition) is 5. The molecule has 1 aromatic rings. The van der Waals surface area contributed by atoms with E-state index in [1.807, 2.05) is 0 Å². The number of rotatable bonds is 6. The zero-order valence-corrected chi connectivity index (χ0v) is 11.0. The lowest BCUT2D eigenvalue weighted by molar-refractivity contribution is 0.0691. The predicted molar refractivity (Wildman–Crippen MR) is 67.5 cm³/mol. The van der Waals surface area contributed by atoms with Crippen LogP contribution in [0.5, 0.6) is 0 Å². The minimum Gasteiger partial charge on any atom is -0.476 e. The SMILES string of the molecule is CNS(=O)(=O)CCNc1ccc(Cl)c(C(=O)O)n1. The van der Waals surface area contributed by atoms with Gasteiger partial charge in [0.25, 0.3) is 0 Å². The number of pyridine rings is 1. The Morgan fingerprint density at radius 3 is 2.72 bits per heavy atom. The second kappa shape index (κ2) is 5.98. The summed E-state index contributed by atoms with van der Waals surface area (Å²) in [5, 5.41) is 11.5. The highest BCUT2D eigenvalue weighted by molar-refractivity contribution is 7.89. The molecule has 0 atom stereocenters. The van der Waals surface area contributed by atoms with Crippen LogP contribution in [0.25, 0.3) is 0 Å². The highest BCUT2D eigenvalue weighted by Crippen LogP contribution is 2.16. The quantitative estimate of drug-likeness (QED) is 0.700. The molecule has 0 aliphatic rings. The first-order valence-corrected chi connectivity index (χ1v) is 6.93. The minimum atomic E-state index is -3.31. The first-order valence-electron chi connectivity index (χ1n) is 4.90. The summed E-state index contributed by atoms with van der Waals surface area (Å²) in [6.07, 6.45) is 0. The molecule has 0 aromatic carbocycles. The normalized spacial score (nSPS) is 11.2. The monoisotopic (exact) mass is 293 g/mol. The molecule has 0 aliphatic carbocycles. The Morgan fingerprint density at radius 1 is 1.50 bits per heavy atom. The molecule has 0 spiro atoms. The number of carboxylic acid groups (broad SMARTS) is 1. The summed E-state index contributed by atoms with van der Waals surface area (Å²) < 4.78 is 24.4. The second-order valence-electron chi connectivity index (χ2n) is 3.28. The van der Waals surface area contributed by atoms with Gasteiger partial charge in [-0.15, -0.1) is 0 Å². The fourth-order valence-corrected chi connectivity index (χ4v) is 1.87. The third-order valence-corrected chi connectivity index (χ3v) is 3.71. The molecule has 0 amide bonds. The molecule has 9 heteroatoms. The van der Waals surface area contributed by atoms with Crippen LogP contribution in [0.2, 0.25) is 5.02 Å². The van der Waals surface area contributed by atoms with E-state index in [1.165, 1.54) is 19.2 Å². The van der Waals surface area contributed by atoms with Crippen molar-refractivity contribution >= 4 is 33.4 Å². The Morgan fingerprint density at radius 2 is 2.17 bits per heavy atom. The summed E-state index contributed by atoms with van der Waals surface area (Å²) in [6.45, 7) is 0.108. The first-order chi connectivity index (χ1) is 8.35. The van der Waals surface area contributed by atoms with E-state index in [-0.39, 0.29) is 28.8 Å². The van der Waals surface area contributed by atoms with Gasteiger partial charge in [0.05, 0.1) is 10.8 Å². The van der Waals surface area contributed by atoms with Gasteiger partial charge in [-0.05, 0) is 19.2 Å². The van der Waals surface area contributed by atoms with E-state index in [0.717, 1.165) is 0 Å². The molecule has 18 heavy (non-hydrogen) atoms. The van der Waals surface area contributed by atoms with Gasteiger partial charge in [0.2, 0.25) is 10.0 Å². The summed E-state index contributed by atoms with van der Waals surface area (Å²) in [5.74, 6) is -1.13. The number of nitrogens with zero attached hydrogens (tertiary/aromatic N) is 1. The first kappa shape index (κ1) is 14.7. The molecule has 100 valence electrons. The van der Waals surface area contributed by atoms with Crippen molar-refractivity contribution in [1.29, 1.82) is 0 Å². The number of aromatic carboxylic acids is 1. The molecule has 0 radical (unpaired) electrons. The van der Waals surface area contributed by atoms with E-state index in [0.29, 0.717) is 0 Å². The van der Waals surface area contributed by atoms with Crippen LogP contribution in [0, 0.1) is 0 Å². The predicted octanol–water partition coefficient (Wildman–Crippen LogP) is 0.394. The number of carboxylic acids is 1. The van der Waals surface area contributed by atoms with Crippen molar-refractivity contribution in [3.63, 3.8) is 0 Å². The van der Waals surface area contributed by atoms with Crippen molar-refractivity contribution in [2.24, 2.45) is 0 Å². The average molecular weight is 294 g/mol. The number of carbonyl (C=O) groups is 1. The van der Waals surface area contributed by atoms with Crippen LogP contribution < -0.4 is 10.0 Å². The van der Waals surface area contributed by atoms with Crippen LogP contribution in [-0.4, -0.2) is 43.8 Å². The van der Waals surface area contributed by atoms with E-state index in [2.05, 4.69) is 15.0 Å². The van der Waals surface area contributed by atoms with Gasteiger partial charge >= 0.3 is 5.97 Å². The summed E-state index contributed by atoms with van der Waals surface area (Å²) in [5.41, 5.74) is -0.279. The molecule has 0 saturated carbocycles. The molecule has 7 nitrogen and oxygen atoms in total. The highest BCUT2D eigenvalue weighted by Gasteiger charge is 2.12. The van der Waals surface area contributed by atoms with Crippen LogP contribution >= 0.6 is 11.6 Å². The van der Waals surface area contributed by atoms with Crippen LogP contribution in [-0.2, 0) is 10.0 Å². The van der Waals surface area contributed by atoms with E-state index in [9.17, 15) is 13.2 Å². The largest absolute Gasteiger partial charge is 0.476 e. The van der Waals surface area contributed by atoms with Crippen molar-refractivity contribution < 1.29 is 18.3 Å². The Kier molecular flexibility index (Phi) is 4.88. The van der Waals surface area contributed by atoms with Gasteiger partial charge in [-0.2, -0.15) is 0 Å². The maximum Gasteiger partial charge on any atom is 0.356 e. The van der Waals surface area contributed by atoms with Crippen molar-refractivity contribution in [1.82, 2.24) is 9.71 Å². The van der Waals surface area contributed by atoms with Crippen molar-refractivity contribution in [3.8, 4) is 0 Å². The molecule has 1 rings (SSSR count). The smallest absolute Gasteiger partial charge is 0.356 e. The van der Waals surface area contributed by atoms with Gasteiger partial charge in [-0.25, -0.2) is 22.9 Å². The maximum absolute atomic E-state index is 11.1. The number of aromatic nitrogens is 1. The highest BCUT2D eigenvalue weighted by atomic mass is 35.5. The van der Waals surface area contributed by atoms with Gasteiger partial charge in [0.15, 0.2) is 5.69 Å². The lowest BCUT2D eigenvalue weighted by Gasteiger charge is -2.07. The van der Waals surface area contributed by atoms with Gasteiger partial charge in [-0.1, -0.05) is 11.6 Å². The van der Waals surface area contributed by atoms with Crippen LogP contribution in [0.4, 0.5) is 5.82 Å². The third kappa shape index (κ3) is 4.13. The van der Waals surface area contributed by atoms with Crippen molar-refractivity contribution in [3.05, 3.63) is 22.8 Å². The van der Waals surface area contributed by atoms with Gasteiger partial charge in [-0.3, -0.25) is 0 Å². The zero-order chi connectivity index (χ0) is 13.8. The molecule has 0 unspecified atom stereocenters. The van der Waals surface area contributed by atoms with E-state index in [4.69, 9.17) is 16.7 Å². The summed E-state index contributed by atoms with van der Waals surface area (Å²) in [7, 11) is -1.99. The Balaban J connectivity index is 2.69. The van der Waals surface area contributed by atoms with E-state index >= 15 is 0 Å². The molecule has 3 N–H and O–H groups in total. The molecule has 0 aliphatic heterocycles. The second-order valence-corrected chi connectivity index (χ2v) is 5.74. The van der Waals surface area contributed by atoms with E-state index in [1.54, 1.807) is 0 Å². The molecular weight excluding hydrogens is 282 g/mol. The fourth-order valence-electron chi connectivity index (χ4n) is 1.11. The Labute approximate surface area is 109 Å². The lowest BCUT2D eigenvalue weighted by atomic mass is 10.3. The summed E-state index contributed by atoms with van der Waals surface area (Å²) in [6, 6.07) is 2.85. The van der Waals surface area contributed by atoms with E-state index < -0.39 is 16.0 Å². The van der Waals surface area contributed by atoms with Crippen molar-refractivity contribution in [2.45, 2.75) is 0 Å². The fraction of sp³-hybridized carbons (Fsp3) is 0.333. The molecule has 0 bridgehead atoms. The number of anilines is 1. The number of halogens is 1. The summed E-state index contributed by atoms with van der Waals surface area (Å²) >= 11 is 5.64. The Hall–Kier alpha value is -1.38. The van der Waals surface area contributed by atoms with Crippen LogP contribution in [0.3, 0.4) is 0 Å². The van der Waals surface area contributed by atoms with Crippen LogP contribution in [0.15, 0.2) is 12.1 Å². The van der Waals surface area contributed by atoms with Gasteiger partial charge < -0.3 is 10.4 Å². The third-order valence-electron chi connectivity index (χ3n) is 2.04. The summed E-state index contributed by atoms with van der Waals surface area (Å²) in [4.78, 5) is 14.5. The average Bonchev–Trinajstić information content (AvgIpc) is 2.31. The van der Waals surface area contributed by atoms with Gasteiger partial charge in [0, 0.05) is 6.54 Å². The standard InChI is InChI=1S/C9H12ClN3O4S/c1-11-18(16,17)5-4-12-7-3-2-6(10)8(13-7)9(14)15/h2-3,11H,4-5H2,1H3,(H,12,13)(H,14,15). The topological polar surface area (TPSA) is 108 Å². The number of hydrogen-bond donors (Lipinski definition) is 3. The Bertz CT molecular complexity index is 547. The maximum atomic E-state index is 11.1. The zero-order valence-electron chi connectivity index (χ0n) is 9.47. The minimum absolute atomic E-state index is 0.0240. The van der Waals surface area contributed by atoms with Crippen LogP contribution in [0.1, 0.15) is 10.5 Å². The molecule has 0 saturated heterocycles. The molecule has 1 heterocycles. The van der Waals surface area contributed by atoms with Gasteiger partial charge in [0.1, 0.15) is 5.82 Å². The molecule has 1 aromatic heterocycles. The van der Waals surface area contributed by atoms with Crippen molar-refractivity contribution in [2.75, 3.05) is 24.7 Å². The lowest BCUT2D eigenvalue weighted by Crippen LogP contribution is -2.26. The number of nitrogens with one attached hydrogen (secondary N) is 2. The molecular formula is C9H12ClN3O4S. The molecule has 0 fully saturated rings.